The smallest absolute Gasteiger partial charge is 0.326 e. The van der Waals surface area contributed by atoms with Gasteiger partial charge >= 0.3 is 6.18 Å². The van der Waals surface area contributed by atoms with E-state index in [1.807, 2.05) is 20.8 Å². The summed E-state index contributed by atoms with van der Waals surface area (Å²) in [5.74, 6) is -11.4. The summed E-state index contributed by atoms with van der Waals surface area (Å²) in [4.78, 5) is 24.8. The lowest BCUT2D eigenvalue weighted by Gasteiger charge is -2.17. The number of carbonyl (C=O) groups excluding carboxylic acids is 2. The summed E-state index contributed by atoms with van der Waals surface area (Å²) < 4.78 is 93.5. The van der Waals surface area contributed by atoms with Gasteiger partial charge in [0.2, 0.25) is 11.8 Å². The number of rotatable bonds is 6. The third-order valence-electron chi connectivity index (χ3n) is 4.31. The van der Waals surface area contributed by atoms with E-state index in [-0.39, 0.29) is 11.3 Å². The number of anilines is 2. The van der Waals surface area contributed by atoms with Crippen LogP contribution in [0.25, 0.3) is 0 Å². The number of hydrogen-bond donors (Lipinski definition) is 2. The lowest BCUT2D eigenvalue weighted by Crippen LogP contribution is -2.25. The third-order valence-corrected chi connectivity index (χ3v) is 5.42. The average Bonchev–Trinajstić information content (AvgIpc) is 2.68. The van der Waals surface area contributed by atoms with Crippen molar-refractivity contribution in [2.75, 3.05) is 10.6 Å². The Morgan fingerprint density at radius 1 is 0.882 bits per heavy atom. The maximum absolute atomic E-state index is 14.0. The average molecular weight is 510 g/mol. The summed E-state index contributed by atoms with van der Waals surface area (Å²) in [5, 5.41) is 3.25. The Balaban J connectivity index is 2.11. The highest BCUT2D eigenvalue weighted by molar-refractivity contribution is 8.00. The van der Waals surface area contributed by atoms with Crippen molar-refractivity contribution in [2.45, 2.75) is 50.4 Å². The maximum atomic E-state index is 14.0. The van der Waals surface area contributed by atoms with Crippen molar-refractivity contribution in [1.29, 1.82) is 0 Å². The van der Waals surface area contributed by atoms with Gasteiger partial charge < -0.3 is 10.6 Å². The zero-order chi connectivity index (χ0) is 26.0. The largest absolute Gasteiger partial charge is 0.422 e. The molecule has 2 aromatic carbocycles. The van der Waals surface area contributed by atoms with Crippen molar-refractivity contribution < 1.29 is 40.3 Å². The molecule has 0 spiro atoms. The van der Waals surface area contributed by atoms with E-state index in [0.29, 0.717) is 17.0 Å². The van der Waals surface area contributed by atoms with Crippen LogP contribution >= 0.6 is 11.8 Å². The molecular weight excluding hydrogens is 489 g/mol. The second-order valence-electron chi connectivity index (χ2n) is 8.56. The summed E-state index contributed by atoms with van der Waals surface area (Å²) in [6.07, 6.45) is -5.39. The van der Waals surface area contributed by atoms with Gasteiger partial charge in [0.25, 0.3) is 0 Å². The number of benzene rings is 2. The first kappa shape index (κ1) is 27.5. The van der Waals surface area contributed by atoms with E-state index in [9.17, 15) is 40.3 Å². The SMILES string of the molecule is CC(Sc1ccc(NC(=O)CC(C)(C)C)cc1)C(=O)Nc1c(F)c(F)c(C(F)(F)F)c(F)c1F. The van der Waals surface area contributed by atoms with Crippen LogP contribution in [0.3, 0.4) is 0 Å². The third kappa shape index (κ3) is 6.87. The zero-order valence-electron chi connectivity index (χ0n) is 18.5. The molecule has 1 unspecified atom stereocenters. The summed E-state index contributed by atoms with van der Waals surface area (Å²) in [5.41, 5.74) is -4.09. The second-order valence-corrected chi connectivity index (χ2v) is 9.98. The quantitative estimate of drug-likeness (QED) is 0.257. The highest BCUT2D eigenvalue weighted by atomic mass is 32.2. The van der Waals surface area contributed by atoms with Crippen molar-refractivity contribution in [3.05, 3.63) is 53.1 Å². The van der Waals surface area contributed by atoms with Crippen molar-refractivity contribution in [3.63, 3.8) is 0 Å². The molecule has 1 atom stereocenters. The Morgan fingerprint density at radius 2 is 1.38 bits per heavy atom. The van der Waals surface area contributed by atoms with Crippen LogP contribution in [-0.2, 0) is 15.8 Å². The lowest BCUT2D eigenvalue weighted by atomic mass is 9.92. The van der Waals surface area contributed by atoms with Crippen molar-refractivity contribution in [3.8, 4) is 0 Å². The van der Waals surface area contributed by atoms with Crippen LogP contribution < -0.4 is 10.6 Å². The molecule has 34 heavy (non-hydrogen) atoms. The zero-order valence-corrected chi connectivity index (χ0v) is 19.3. The van der Waals surface area contributed by atoms with E-state index in [0.717, 1.165) is 11.8 Å². The first-order valence-corrected chi connectivity index (χ1v) is 10.7. The number of thioether (sulfide) groups is 1. The van der Waals surface area contributed by atoms with Gasteiger partial charge in [0.15, 0.2) is 23.3 Å². The van der Waals surface area contributed by atoms with Gasteiger partial charge in [-0.25, -0.2) is 17.6 Å². The van der Waals surface area contributed by atoms with E-state index in [1.165, 1.54) is 6.92 Å². The van der Waals surface area contributed by atoms with Crippen LogP contribution in [0.1, 0.15) is 39.7 Å². The Bertz CT molecular complexity index is 1050. The van der Waals surface area contributed by atoms with E-state index >= 15 is 0 Å². The predicted octanol–water partition coefficient (Wildman–Crippen LogP) is 6.76. The summed E-state index contributed by atoms with van der Waals surface area (Å²) in [7, 11) is 0. The van der Waals surface area contributed by atoms with E-state index in [1.54, 1.807) is 29.6 Å². The van der Waals surface area contributed by atoms with Crippen LogP contribution in [0.2, 0.25) is 0 Å². The molecule has 2 amide bonds. The molecule has 0 bridgehead atoms. The fraction of sp³-hybridized carbons (Fsp3) is 0.364. The van der Waals surface area contributed by atoms with Crippen molar-refractivity contribution >= 4 is 35.0 Å². The molecule has 0 aliphatic heterocycles. The number of hydrogen-bond acceptors (Lipinski definition) is 3. The Kier molecular flexibility index (Phi) is 8.28. The Labute approximate surface area is 195 Å². The molecule has 2 aromatic rings. The molecular formula is C22H21F7N2O2S. The standard InChI is InChI=1S/C22H21F7N2O2S/c1-10(34-12-7-5-11(6-8-12)30-13(32)9-21(2,3)4)20(33)31-19-17(25)15(23)14(22(27,28)29)16(24)18(19)26/h5-8,10H,9H2,1-4H3,(H,30,32)(H,31,33). The highest BCUT2D eigenvalue weighted by Gasteiger charge is 2.42. The minimum Gasteiger partial charge on any atom is -0.326 e. The number of alkyl halides is 3. The molecule has 0 aromatic heterocycles. The van der Waals surface area contributed by atoms with Gasteiger partial charge in [-0.2, -0.15) is 13.2 Å². The van der Waals surface area contributed by atoms with Crippen LogP contribution in [-0.4, -0.2) is 17.1 Å². The van der Waals surface area contributed by atoms with Gasteiger partial charge in [0, 0.05) is 17.0 Å². The Morgan fingerprint density at radius 3 is 1.82 bits per heavy atom. The first-order valence-electron chi connectivity index (χ1n) is 9.82. The normalized spacial score (nSPS) is 12.9. The minimum atomic E-state index is -5.68. The van der Waals surface area contributed by atoms with Crippen LogP contribution in [0, 0.1) is 28.7 Å². The van der Waals surface area contributed by atoms with E-state index < -0.39 is 51.9 Å². The van der Waals surface area contributed by atoms with Crippen LogP contribution in [0.5, 0.6) is 0 Å². The molecule has 0 saturated heterocycles. The predicted molar refractivity (Wildman–Crippen MR) is 114 cm³/mol. The highest BCUT2D eigenvalue weighted by Crippen LogP contribution is 2.38. The second kappa shape index (κ2) is 10.2. The molecule has 0 radical (unpaired) electrons. The number of nitrogens with one attached hydrogen (secondary N) is 2. The molecule has 2 rings (SSSR count). The van der Waals surface area contributed by atoms with Crippen LogP contribution in [0.4, 0.5) is 42.1 Å². The molecule has 2 N–H and O–H groups in total. The molecule has 0 fully saturated rings. The van der Waals surface area contributed by atoms with E-state index in [2.05, 4.69) is 5.32 Å². The minimum absolute atomic E-state index is 0.194. The molecule has 12 heteroatoms. The Hall–Kier alpha value is -2.76. The molecule has 0 saturated carbocycles. The molecule has 4 nitrogen and oxygen atoms in total. The van der Waals surface area contributed by atoms with Crippen molar-refractivity contribution in [2.24, 2.45) is 5.41 Å². The van der Waals surface area contributed by atoms with Gasteiger partial charge in [-0.3, -0.25) is 9.59 Å². The summed E-state index contributed by atoms with van der Waals surface area (Å²) >= 11 is 0.899. The van der Waals surface area contributed by atoms with Gasteiger partial charge in [-0.1, -0.05) is 20.8 Å². The van der Waals surface area contributed by atoms with Crippen molar-refractivity contribution in [1.82, 2.24) is 0 Å². The lowest BCUT2D eigenvalue weighted by molar-refractivity contribution is -0.143. The monoisotopic (exact) mass is 510 g/mol. The fourth-order valence-corrected chi connectivity index (χ4v) is 3.64. The molecule has 0 aliphatic carbocycles. The van der Waals surface area contributed by atoms with Gasteiger partial charge in [-0.05, 0) is 36.6 Å². The maximum Gasteiger partial charge on any atom is 0.422 e. The number of amides is 2. The molecule has 0 aliphatic rings. The van der Waals surface area contributed by atoms with Gasteiger partial charge in [0.1, 0.15) is 11.3 Å². The molecule has 0 heterocycles. The van der Waals surface area contributed by atoms with E-state index in [4.69, 9.17) is 0 Å². The number of halogens is 7. The first-order chi connectivity index (χ1) is 15.5. The van der Waals surface area contributed by atoms with Crippen LogP contribution in [0.15, 0.2) is 29.2 Å². The number of carbonyl (C=O) groups is 2. The topological polar surface area (TPSA) is 58.2 Å². The van der Waals surface area contributed by atoms with Gasteiger partial charge in [0.05, 0.1) is 5.25 Å². The fourth-order valence-electron chi connectivity index (χ4n) is 2.78. The van der Waals surface area contributed by atoms with Gasteiger partial charge in [-0.15, -0.1) is 11.8 Å². The summed E-state index contributed by atoms with van der Waals surface area (Å²) in [6, 6.07) is 6.24. The summed E-state index contributed by atoms with van der Waals surface area (Å²) in [6.45, 7) is 7.03. The molecule has 186 valence electrons.